The molecule has 0 spiro atoms. The van der Waals surface area contributed by atoms with E-state index in [-0.39, 0.29) is 37.9 Å². The minimum atomic E-state index is -5.23. The number of amides is 1. The second-order valence-corrected chi connectivity index (χ2v) is 16.0. The summed E-state index contributed by atoms with van der Waals surface area (Å²) >= 11 is 6.72. The lowest BCUT2D eigenvalue weighted by molar-refractivity contribution is -0.121. The number of ether oxygens (including phenoxy) is 3. The number of rotatable bonds is 17. The quantitative estimate of drug-likeness (QED) is 0.0980. The minimum Gasteiger partial charge on any atom is -0.488 e. The highest BCUT2D eigenvalue weighted by atomic mass is 35.5. The van der Waals surface area contributed by atoms with Crippen molar-refractivity contribution in [2.45, 2.75) is 38.2 Å². The number of nitrogens with zero attached hydrogens (tertiary/aromatic N) is 3. The zero-order valence-corrected chi connectivity index (χ0v) is 31.8. The highest BCUT2D eigenvalue weighted by Crippen LogP contribution is 2.36. The molecule has 14 nitrogen and oxygen atoms in total. The third-order valence-corrected chi connectivity index (χ3v) is 11.5. The van der Waals surface area contributed by atoms with Crippen LogP contribution in [0, 0.1) is 37.5 Å². The van der Waals surface area contributed by atoms with Crippen molar-refractivity contribution >= 4 is 37.7 Å². The average Bonchev–Trinajstić information content (AvgIpc) is 3.10. The smallest absolute Gasteiger partial charge is 0.286 e. The maximum atomic E-state index is 12.6. The van der Waals surface area contributed by atoms with Crippen LogP contribution in [0.1, 0.15) is 33.4 Å². The molecule has 4 aromatic rings. The first-order valence-corrected chi connectivity index (χ1v) is 19.4. The molecular formula is C37H37ClN4O10S2. The molecule has 0 saturated carbocycles. The Kier molecular flexibility index (Phi) is 14.0. The van der Waals surface area contributed by atoms with E-state index in [2.05, 4.69) is 16.2 Å². The van der Waals surface area contributed by atoms with Crippen LogP contribution in [-0.2, 0) is 44.8 Å². The molecule has 0 unspecified atom stereocenters. The van der Waals surface area contributed by atoms with Gasteiger partial charge in [0.2, 0.25) is 10.5 Å². The molecule has 54 heavy (non-hydrogen) atoms. The summed E-state index contributed by atoms with van der Waals surface area (Å²) in [5, 5.41) is 11.6. The third-order valence-electron chi connectivity index (χ3n) is 8.13. The fourth-order valence-corrected chi connectivity index (χ4v) is 7.47. The number of aromatic nitrogens is 1. The highest BCUT2D eigenvalue weighted by Gasteiger charge is 2.35. The molecule has 0 fully saturated rings. The monoisotopic (exact) mass is 796 g/mol. The number of carbonyl (C=O) groups excluding carboxylic acids is 1. The Morgan fingerprint density at radius 3 is 2.26 bits per heavy atom. The normalized spacial score (nSPS) is 11.5. The fourth-order valence-electron chi connectivity index (χ4n) is 5.41. The fraction of sp³-hybridized carbons (Fsp3) is 0.270. The van der Waals surface area contributed by atoms with Gasteiger partial charge in [0.25, 0.3) is 20.2 Å². The number of halogens is 1. The van der Waals surface area contributed by atoms with E-state index in [0.717, 1.165) is 27.8 Å². The van der Waals surface area contributed by atoms with Gasteiger partial charge in [0.15, 0.2) is 0 Å². The minimum absolute atomic E-state index is 0.0120. The molecule has 17 heteroatoms. The zero-order valence-electron chi connectivity index (χ0n) is 29.4. The van der Waals surface area contributed by atoms with Crippen LogP contribution in [0.5, 0.6) is 17.2 Å². The Labute approximate surface area is 319 Å². The topological polar surface area (TPSA) is 205 Å². The number of nitriles is 1. The SMILES string of the molecule is C#CCOc1cccc(-c2cccc(COc3cc(OCc4cncc(C#N)c4)c(CN(C)CC(=O)NCC(S(=O)(=O)O)S(=O)(=O)O)cc3Cl)c2C)c1C. The second-order valence-electron chi connectivity index (χ2n) is 12.1. The Bertz CT molecular complexity index is 2290. The number of carbonyl (C=O) groups is 1. The van der Waals surface area contributed by atoms with Crippen molar-refractivity contribution in [3.63, 3.8) is 0 Å². The van der Waals surface area contributed by atoms with Crippen LogP contribution in [0.2, 0.25) is 5.02 Å². The maximum Gasteiger partial charge on any atom is 0.286 e. The summed E-state index contributed by atoms with van der Waals surface area (Å²) < 4.78 is 79.4. The first-order valence-electron chi connectivity index (χ1n) is 16.1. The Morgan fingerprint density at radius 1 is 0.926 bits per heavy atom. The number of terminal acetylenes is 1. The number of pyridine rings is 1. The molecule has 0 aliphatic carbocycles. The average molecular weight is 797 g/mol. The Morgan fingerprint density at radius 2 is 1.59 bits per heavy atom. The summed E-state index contributed by atoms with van der Waals surface area (Å²) in [6.07, 6.45) is 8.34. The molecule has 1 aromatic heterocycles. The number of benzene rings is 3. The van der Waals surface area contributed by atoms with Crippen molar-refractivity contribution in [2.75, 3.05) is 26.7 Å². The van der Waals surface area contributed by atoms with Gasteiger partial charge in [-0.25, -0.2) is 0 Å². The van der Waals surface area contributed by atoms with Gasteiger partial charge in [-0.1, -0.05) is 47.9 Å². The van der Waals surface area contributed by atoms with E-state index >= 15 is 0 Å². The van der Waals surface area contributed by atoms with Crippen molar-refractivity contribution in [3.8, 4) is 46.8 Å². The van der Waals surface area contributed by atoms with E-state index in [1.165, 1.54) is 11.1 Å². The lowest BCUT2D eigenvalue weighted by Crippen LogP contribution is -2.44. The Hall–Kier alpha value is -5.20. The van der Waals surface area contributed by atoms with Gasteiger partial charge >= 0.3 is 0 Å². The van der Waals surface area contributed by atoms with E-state index in [0.29, 0.717) is 33.9 Å². The van der Waals surface area contributed by atoms with Crippen LogP contribution in [0.25, 0.3) is 11.1 Å². The van der Waals surface area contributed by atoms with E-state index in [1.54, 1.807) is 31.4 Å². The summed E-state index contributed by atoms with van der Waals surface area (Å²) in [6, 6.07) is 18.5. The first-order chi connectivity index (χ1) is 25.5. The van der Waals surface area contributed by atoms with Gasteiger partial charge in [0.05, 0.1) is 23.7 Å². The second kappa shape index (κ2) is 18.2. The summed E-state index contributed by atoms with van der Waals surface area (Å²) in [7, 11) is -8.91. The maximum absolute atomic E-state index is 12.6. The largest absolute Gasteiger partial charge is 0.488 e. The van der Waals surface area contributed by atoms with Gasteiger partial charge in [-0.05, 0) is 66.9 Å². The van der Waals surface area contributed by atoms with Crippen molar-refractivity contribution in [3.05, 3.63) is 105 Å². The summed E-state index contributed by atoms with van der Waals surface area (Å²) in [6.45, 7) is 2.88. The van der Waals surface area contributed by atoms with Crippen LogP contribution in [0.3, 0.4) is 0 Å². The van der Waals surface area contributed by atoms with Crippen molar-refractivity contribution in [1.29, 1.82) is 5.26 Å². The van der Waals surface area contributed by atoms with Crippen molar-refractivity contribution in [1.82, 2.24) is 15.2 Å². The van der Waals surface area contributed by atoms with Gasteiger partial charge in [-0.15, -0.1) is 6.42 Å². The molecule has 0 aliphatic heterocycles. The number of hydrogen-bond donors (Lipinski definition) is 3. The summed E-state index contributed by atoms with van der Waals surface area (Å²) in [5.41, 5.74) is 6.22. The predicted molar refractivity (Wildman–Crippen MR) is 201 cm³/mol. The van der Waals surface area contributed by atoms with Gasteiger partial charge in [-0.3, -0.25) is 23.8 Å². The van der Waals surface area contributed by atoms with Gasteiger partial charge in [0.1, 0.15) is 43.1 Å². The molecule has 4 rings (SSSR count). The predicted octanol–water partition coefficient (Wildman–Crippen LogP) is 4.71. The molecule has 0 atom stereocenters. The van der Waals surface area contributed by atoms with Crippen LogP contribution in [-0.4, -0.2) is 73.1 Å². The molecule has 3 N–H and O–H groups in total. The highest BCUT2D eigenvalue weighted by molar-refractivity contribution is 8.04. The van der Waals surface area contributed by atoms with Crippen LogP contribution >= 0.6 is 11.6 Å². The molecule has 1 amide bonds. The van der Waals surface area contributed by atoms with Gasteiger partial charge in [-0.2, -0.15) is 22.1 Å². The molecule has 1 heterocycles. The van der Waals surface area contributed by atoms with Crippen molar-refractivity contribution in [2.24, 2.45) is 0 Å². The molecule has 284 valence electrons. The first kappa shape index (κ1) is 41.6. The molecule has 3 aromatic carbocycles. The molecule has 0 saturated heterocycles. The lowest BCUT2D eigenvalue weighted by atomic mass is 9.93. The van der Waals surface area contributed by atoms with Crippen LogP contribution in [0.15, 0.2) is 67.0 Å². The standard InChI is InChI=1S/C37H37ClN4O10S2/c1-5-12-50-33-11-7-10-31(25(33)3)30-9-6-8-28(24(30)2)23-52-35-15-34(51-22-27-13-26(16-39)17-40-18-27)29(14-32(35)38)20-42(4)21-36(43)41-19-37(53(44,45)46)54(47,48)49/h1,6-11,13-15,17-18,37H,12,19-23H2,2-4H3,(H,41,43)(H,44,45,46)(H,47,48,49). The summed E-state index contributed by atoms with van der Waals surface area (Å²) in [5.74, 6) is 2.99. The van der Waals surface area contributed by atoms with Gasteiger partial charge in [0, 0.05) is 36.1 Å². The van der Waals surface area contributed by atoms with Gasteiger partial charge < -0.3 is 19.5 Å². The molecule has 0 bridgehead atoms. The number of nitrogens with one attached hydrogen (secondary N) is 1. The molecule has 0 aliphatic rings. The number of likely N-dealkylation sites (N-methyl/N-ethyl adjacent to an activating group) is 1. The van der Waals surface area contributed by atoms with Crippen LogP contribution in [0.4, 0.5) is 0 Å². The lowest BCUT2D eigenvalue weighted by Gasteiger charge is -2.21. The molecule has 0 radical (unpaired) electrons. The zero-order chi connectivity index (χ0) is 39.6. The third kappa shape index (κ3) is 11.2. The van der Waals surface area contributed by atoms with E-state index in [4.69, 9.17) is 41.3 Å². The van der Waals surface area contributed by atoms with Crippen LogP contribution < -0.4 is 19.5 Å². The summed E-state index contributed by atoms with van der Waals surface area (Å²) in [4.78, 5) is 18.2. The van der Waals surface area contributed by atoms with E-state index in [1.807, 2.05) is 56.3 Å². The van der Waals surface area contributed by atoms with Crippen molar-refractivity contribution < 1.29 is 44.9 Å². The molecular weight excluding hydrogens is 760 g/mol. The van der Waals surface area contributed by atoms with E-state index in [9.17, 15) is 26.9 Å². The number of hydrogen-bond acceptors (Lipinski definition) is 11. The Balaban J connectivity index is 1.56. The van der Waals surface area contributed by atoms with E-state index < -0.39 is 37.3 Å².